The van der Waals surface area contributed by atoms with Gasteiger partial charge in [0.05, 0.1) is 6.61 Å². The van der Waals surface area contributed by atoms with E-state index in [0.717, 1.165) is 32.8 Å². The number of nitrogens with zero attached hydrogens (tertiary/aromatic N) is 1. The van der Waals surface area contributed by atoms with Crippen LogP contribution in [0.4, 0.5) is 0 Å². The molecule has 0 aliphatic carbocycles. The normalized spacial score (nSPS) is 23.0. The van der Waals surface area contributed by atoms with Gasteiger partial charge in [0.1, 0.15) is 0 Å². The Morgan fingerprint density at radius 1 is 1.24 bits per heavy atom. The van der Waals surface area contributed by atoms with Gasteiger partial charge in [-0.25, -0.2) is 0 Å². The Kier molecular flexibility index (Phi) is 7.14. The fourth-order valence-corrected chi connectivity index (χ4v) is 3.45. The van der Waals surface area contributed by atoms with Crippen molar-refractivity contribution in [1.82, 2.24) is 4.90 Å². The summed E-state index contributed by atoms with van der Waals surface area (Å²) in [5, 5.41) is 0. The first-order valence-corrected chi connectivity index (χ1v) is 7.52. The number of hydrogen-bond acceptors (Lipinski definition) is 3. The van der Waals surface area contributed by atoms with E-state index in [9.17, 15) is 0 Å². The Morgan fingerprint density at radius 2 is 1.90 bits per heavy atom. The average molecular weight is 313 g/mol. The molecule has 2 rings (SSSR count). The van der Waals surface area contributed by atoms with Gasteiger partial charge in [-0.15, -0.1) is 12.4 Å². The standard InChI is InChI=1S/C17H28N2O.ClH/c1-17(2,13-20-3)12-19-10-15(9-18)16(11-19)14-7-5-4-6-8-14;/h4-8,15-16H,9-13,18H2,1-3H3;1H/t15-,16+;/m1./s1. The highest BCUT2D eigenvalue weighted by Gasteiger charge is 2.35. The summed E-state index contributed by atoms with van der Waals surface area (Å²) in [6.45, 7) is 9.38. The van der Waals surface area contributed by atoms with E-state index in [1.807, 2.05) is 0 Å². The third kappa shape index (κ3) is 4.96. The maximum Gasteiger partial charge on any atom is 0.0525 e. The summed E-state index contributed by atoms with van der Waals surface area (Å²) < 4.78 is 5.33. The highest BCUT2D eigenvalue weighted by atomic mass is 35.5. The number of halogens is 1. The molecule has 1 aromatic carbocycles. The quantitative estimate of drug-likeness (QED) is 0.878. The lowest BCUT2D eigenvalue weighted by atomic mass is 9.89. The van der Waals surface area contributed by atoms with Crippen LogP contribution >= 0.6 is 12.4 Å². The van der Waals surface area contributed by atoms with Crippen LogP contribution in [0.3, 0.4) is 0 Å². The third-order valence-electron chi connectivity index (χ3n) is 4.23. The minimum absolute atomic E-state index is 0. The Balaban J connectivity index is 0.00000220. The molecule has 21 heavy (non-hydrogen) atoms. The Morgan fingerprint density at radius 3 is 2.48 bits per heavy atom. The first kappa shape index (κ1) is 18.4. The van der Waals surface area contributed by atoms with Crippen LogP contribution in [0, 0.1) is 11.3 Å². The number of methoxy groups -OCH3 is 1. The Bertz CT molecular complexity index is 411. The molecule has 4 heteroatoms. The van der Waals surface area contributed by atoms with Crippen LogP contribution in [-0.4, -0.2) is 44.8 Å². The maximum atomic E-state index is 5.99. The van der Waals surface area contributed by atoms with Gasteiger partial charge in [0.2, 0.25) is 0 Å². The minimum atomic E-state index is 0. The van der Waals surface area contributed by atoms with Crippen molar-refractivity contribution in [3.8, 4) is 0 Å². The molecule has 1 saturated heterocycles. The van der Waals surface area contributed by atoms with Crippen LogP contribution in [0.5, 0.6) is 0 Å². The molecule has 2 N–H and O–H groups in total. The summed E-state index contributed by atoms with van der Waals surface area (Å²) in [7, 11) is 1.78. The Hall–Kier alpha value is -0.610. The molecule has 0 radical (unpaired) electrons. The number of benzene rings is 1. The van der Waals surface area contributed by atoms with Crippen LogP contribution in [0.25, 0.3) is 0 Å². The summed E-state index contributed by atoms with van der Waals surface area (Å²) in [4.78, 5) is 2.55. The van der Waals surface area contributed by atoms with E-state index < -0.39 is 0 Å². The lowest BCUT2D eigenvalue weighted by Gasteiger charge is -2.29. The van der Waals surface area contributed by atoms with Gasteiger partial charge in [0.25, 0.3) is 0 Å². The van der Waals surface area contributed by atoms with E-state index in [1.165, 1.54) is 5.56 Å². The van der Waals surface area contributed by atoms with Crippen LogP contribution < -0.4 is 5.73 Å². The fraction of sp³-hybridized carbons (Fsp3) is 0.647. The molecular formula is C17H29ClN2O. The number of likely N-dealkylation sites (tertiary alicyclic amines) is 1. The molecule has 3 nitrogen and oxygen atoms in total. The number of rotatable bonds is 6. The molecule has 2 atom stereocenters. The minimum Gasteiger partial charge on any atom is -0.384 e. The lowest BCUT2D eigenvalue weighted by molar-refractivity contribution is 0.0757. The van der Waals surface area contributed by atoms with Gasteiger partial charge in [0.15, 0.2) is 0 Å². The van der Waals surface area contributed by atoms with Crippen LogP contribution in [0.15, 0.2) is 30.3 Å². The highest BCUT2D eigenvalue weighted by molar-refractivity contribution is 5.85. The van der Waals surface area contributed by atoms with E-state index in [-0.39, 0.29) is 17.8 Å². The van der Waals surface area contributed by atoms with Crippen molar-refractivity contribution < 1.29 is 4.74 Å². The monoisotopic (exact) mass is 312 g/mol. The number of hydrogen-bond donors (Lipinski definition) is 1. The molecule has 0 saturated carbocycles. The number of nitrogens with two attached hydrogens (primary N) is 1. The van der Waals surface area contributed by atoms with E-state index in [0.29, 0.717) is 11.8 Å². The lowest BCUT2D eigenvalue weighted by Crippen LogP contribution is -2.36. The second-order valence-corrected chi connectivity index (χ2v) is 6.80. The van der Waals surface area contributed by atoms with Gasteiger partial charge in [-0.2, -0.15) is 0 Å². The van der Waals surface area contributed by atoms with Crippen molar-refractivity contribution in [1.29, 1.82) is 0 Å². The largest absolute Gasteiger partial charge is 0.384 e. The zero-order valence-corrected chi connectivity index (χ0v) is 14.2. The van der Waals surface area contributed by atoms with E-state index >= 15 is 0 Å². The van der Waals surface area contributed by atoms with Crippen molar-refractivity contribution >= 4 is 12.4 Å². The summed E-state index contributed by atoms with van der Waals surface area (Å²) in [5.41, 5.74) is 7.61. The molecule has 120 valence electrons. The predicted octanol–water partition coefficient (Wildman–Crippen LogP) is 2.76. The van der Waals surface area contributed by atoms with Crippen LogP contribution in [-0.2, 0) is 4.74 Å². The number of ether oxygens (including phenoxy) is 1. The molecule has 0 bridgehead atoms. The molecule has 1 aromatic rings. The fourth-order valence-electron chi connectivity index (χ4n) is 3.45. The van der Waals surface area contributed by atoms with Crippen molar-refractivity contribution in [3.05, 3.63) is 35.9 Å². The third-order valence-corrected chi connectivity index (χ3v) is 4.23. The second-order valence-electron chi connectivity index (χ2n) is 6.80. The zero-order valence-electron chi connectivity index (χ0n) is 13.4. The smallest absolute Gasteiger partial charge is 0.0525 e. The molecular weight excluding hydrogens is 284 g/mol. The SMILES string of the molecule is COCC(C)(C)CN1C[C@@H](CN)[C@H](c2ccccc2)C1.Cl. The van der Waals surface area contributed by atoms with Crippen molar-refractivity contribution in [2.75, 3.05) is 39.9 Å². The molecule has 0 unspecified atom stereocenters. The summed E-state index contributed by atoms with van der Waals surface area (Å²) in [6.07, 6.45) is 0. The molecule has 0 aromatic heterocycles. The highest BCUT2D eigenvalue weighted by Crippen LogP contribution is 2.33. The predicted molar refractivity (Wildman–Crippen MR) is 91.1 cm³/mol. The average Bonchev–Trinajstić information content (AvgIpc) is 2.81. The summed E-state index contributed by atoms with van der Waals surface area (Å²) in [5.74, 6) is 1.13. The van der Waals surface area contributed by atoms with E-state index in [1.54, 1.807) is 7.11 Å². The van der Waals surface area contributed by atoms with Gasteiger partial charge >= 0.3 is 0 Å². The van der Waals surface area contributed by atoms with Gasteiger partial charge in [-0.3, -0.25) is 0 Å². The van der Waals surface area contributed by atoms with Crippen LogP contribution in [0.2, 0.25) is 0 Å². The molecule has 0 spiro atoms. The Labute approximate surface area is 135 Å². The first-order chi connectivity index (χ1) is 9.55. The molecule has 1 aliphatic rings. The summed E-state index contributed by atoms with van der Waals surface area (Å²) >= 11 is 0. The molecule has 1 fully saturated rings. The van der Waals surface area contributed by atoms with Crippen molar-refractivity contribution in [2.24, 2.45) is 17.1 Å². The topological polar surface area (TPSA) is 38.5 Å². The van der Waals surface area contributed by atoms with Gasteiger partial charge in [0, 0.05) is 38.1 Å². The summed E-state index contributed by atoms with van der Waals surface area (Å²) in [6, 6.07) is 10.8. The second kappa shape index (κ2) is 8.14. The maximum absolute atomic E-state index is 5.99. The zero-order chi connectivity index (χ0) is 14.6. The van der Waals surface area contributed by atoms with E-state index in [4.69, 9.17) is 10.5 Å². The molecule has 0 amide bonds. The van der Waals surface area contributed by atoms with Gasteiger partial charge < -0.3 is 15.4 Å². The van der Waals surface area contributed by atoms with Crippen molar-refractivity contribution in [2.45, 2.75) is 19.8 Å². The first-order valence-electron chi connectivity index (χ1n) is 7.52. The van der Waals surface area contributed by atoms with Crippen LogP contribution in [0.1, 0.15) is 25.3 Å². The molecule has 1 heterocycles. The molecule has 1 aliphatic heterocycles. The van der Waals surface area contributed by atoms with Gasteiger partial charge in [-0.1, -0.05) is 44.2 Å². The van der Waals surface area contributed by atoms with Crippen molar-refractivity contribution in [3.63, 3.8) is 0 Å². The van der Waals surface area contributed by atoms with Gasteiger partial charge in [-0.05, 0) is 18.0 Å². The van der Waals surface area contributed by atoms with E-state index in [2.05, 4.69) is 49.1 Å².